The Kier molecular flexibility index (Phi) is 5.47. The molecule has 0 unspecified atom stereocenters. The van der Waals surface area contributed by atoms with Crippen molar-refractivity contribution < 1.29 is 44.7 Å². The van der Waals surface area contributed by atoms with Crippen molar-refractivity contribution >= 4 is 5.97 Å². The first-order valence-electron chi connectivity index (χ1n) is 8.39. The molecule has 7 nitrogen and oxygen atoms in total. The van der Waals surface area contributed by atoms with Gasteiger partial charge in [-0.25, -0.2) is 14.2 Å². The van der Waals surface area contributed by atoms with Gasteiger partial charge in [0.05, 0.1) is 18.9 Å². The van der Waals surface area contributed by atoms with Gasteiger partial charge in [-0.05, 0) is 12.1 Å². The van der Waals surface area contributed by atoms with Gasteiger partial charge in [0.25, 0.3) is 0 Å². The predicted octanol–water partition coefficient (Wildman–Crippen LogP) is 4.13. The number of benzene rings is 1. The van der Waals surface area contributed by atoms with Gasteiger partial charge in [0.15, 0.2) is 11.5 Å². The first-order valence-corrected chi connectivity index (χ1v) is 8.39. The molecule has 2 aromatic heterocycles. The number of aromatic nitrogens is 5. The molecule has 0 aliphatic heterocycles. The van der Waals surface area contributed by atoms with E-state index in [-0.39, 0.29) is 21.5 Å². The molecule has 0 amide bonds. The third-order valence-electron chi connectivity index (χ3n) is 4.24. The zero-order chi connectivity index (χ0) is 24.1. The summed E-state index contributed by atoms with van der Waals surface area (Å²) in [6.45, 7) is 0. The van der Waals surface area contributed by atoms with Gasteiger partial charge in [0.1, 0.15) is 11.3 Å². The number of carbonyl (C=O) groups excluding carboxylic acids is 1. The second-order valence-electron chi connectivity index (χ2n) is 6.36. The average molecular weight is 469 g/mol. The standard InChI is InChI=1S/C17H11F8N5O2/c1-29-13(11(16(20,21)22)12(27-29)15(18,19)17(23,24)25)30-7-10(26-28-30)8-4-3-5-9(6-8)14(31)32-2/h3-7H,1-2H3. The Morgan fingerprint density at radius 3 is 2.28 bits per heavy atom. The van der Waals surface area contributed by atoms with Gasteiger partial charge in [0.2, 0.25) is 0 Å². The minimum atomic E-state index is -6.32. The van der Waals surface area contributed by atoms with Gasteiger partial charge in [-0.1, -0.05) is 17.3 Å². The molecule has 0 atom stereocenters. The maximum absolute atomic E-state index is 13.8. The number of halogens is 8. The predicted molar refractivity (Wildman–Crippen MR) is 89.9 cm³/mol. The van der Waals surface area contributed by atoms with Crippen molar-refractivity contribution in [1.29, 1.82) is 0 Å². The lowest BCUT2D eigenvalue weighted by Gasteiger charge is -2.19. The maximum Gasteiger partial charge on any atom is 0.459 e. The molecule has 0 N–H and O–H groups in total. The molecule has 0 radical (unpaired) electrons. The lowest BCUT2D eigenvalue weighted by atomic mass is 10.1. The first-order chi connectivity index (χ1) is 14.7. The van der Waals surface area contributed by atoms with Crippen molar-refractivity contribution in [2.24, 2.45) is 7.05 Å². The summed E-state index contributed by atoms with van der Waals surface area (Å²) in [5.41, 5.74) is -4.67. The van der Waals surface area contributed by atoms with Crippen LogP contribution in [-0.2, 0) is 23.9 Å². The van der Waals surface area contributed by atoms with Crippen LogP contribution in [0, 0.1) is 0 Å². The van der Waals surface area contributed by atoms with Crippen molar-refractivity contribution in [3.63, 3.8) is 0 Å². The van der Waals surface area contributed by atoms with Crippen molar-refractivity contribution in [1.82, 2.24) is 24.8 Å². The molecule has 32 heavy (non-hydrogen) atoms. The summed E-state index contributed by atoms with van der Waals surface area (Å²) in [5.74, 6) is -7.81. The molecule has 3 rings (SSSR count). The van der Waals surface area contributed by atoms with Crippen LogP contribution in [-0.4, -0.2) is 44.0 Å². The van der Waals surface area contributed by atoms with Crippen LogP contribution in [0.1, 0.15) is 21.6 Å². The molecule has 0 spiro atoms. The summed E-state index contributed by atoms with van der Waals surface area (Å²) in [7, 11) is 1.88. The fourth-order valence-corrected chi connectivity index (χ4v) is 2.82. The molecule has 0 bridgehead atoms. The van der Waals surface area contributed by atoms with E-state index >= 15 is 0 Å². The number of esters is 1. The number of rotatable bonds is 4. The summed E-state index contributed by atoms with van der Waals surface area (Å²) < 4.78 is 112. The van der Waals surface area contributed by atoms with Crippen molar-refractivity contribution in [2.75, 3.05) is 7.11 Å². The van der Waals surface area contributed by atoms with Crippen LogP contribution < -0.4 is 0 Å². The average Bonchev–Trinajstić information content (AvgIpc) is 3.30. The van der Waals surface area contributed by atoms with E-state index in [1.807, 2.05) is 0 Å². The number of alkyl halides is 8. The molecule has 0 saturated carbocycles. The SMILES string of the molecule is COC(=O)c1cccc(-c2cn(-c3c(C(F)(F)F)c(C(F)(F)C(F)(F)F)nn3C)nn2)c1. The van der Waals surface area contributed by atoms with Crippen LogP contribution in [0.5, 0.6) is 0 Å². The Labute approximate surface area is 173 Å². The van der Waals surface area contributed by atoms with E-state index in [9.17, 15) is 39.9 Å². The summed E-state index contributed by atoms with van der Waals surface area (Å²) in [4.78, 5) is 11.6. The summed E-state index contributed by atoms with van der Waals surface area (Å²) in [6.07, 6.45) is -11.1. The lowest BCUT2D eigenvalue weighted by Crippen LogP contribution is -2.36. The van der Waals surface area contributed by atoms with Crippen LogP contribution in [0.4, 0.5) is 35.1 Å². The normalized spacial score (nSPS) is 12.8. The van der Waals surface area contributed by atoms with Crippen LogP contribution in [0.3, 0.4) is 0 Å². The van der Waals surface area contributed by atoms with Gasteiger partial charge in [-0.3, -0.25) is 0 Å². The number of methoxy groups -OCH3 is 1. The molecule has 3 aromatic rings. The first kappa shape index (κ1) is 23.1. The minimum absolute atomic E-state index is 0.0724. The van der Waals surface area contributed by atoms with E-state index in [1.165, 1.54) is 24.3 Å². The van der Waals surface area contributed by atoms with E-state index in [0.29, 0.717) is 4.68 Å². The largest absolute Gasteiger partial charge is 0.465 e. The summed E-state index contributed by atoms with van der Waals surface area (Å²) in [6, 6.07) is 5.48. The van der Waals surface area contributed by atoms with E-state index in [4.69, 9.17) is 0 Å². The topological polar surface area (TPSA) is 74.8 Å². The molecule has 2 heterocycles. The highest BCUT2D eigenvalue weighted by Gasteiger charge is 2.64. The molecular formula is C17H11F8N5O2. The Morgan fingerprint density at radius 2 is 1.72 bits per heavy atom. The van der Waals surface area contributed by atoms with Crippen LogP contribution in [0.25, 0.3) is 17.1 Å². The number of aryl methyl sites for hydroxylation is 1. The molecule has 172 valence electrons. The lowest BCUT2D eigenvalue weighted by molar-refractivity contribution is -0.292. The van der Waals surface area contributed by atoms with E-state index < -0.39 is 41.3 Å². The van der Waals surface area contributed by atoms with Crippen molar-refractivity contribution in [3.8, 4) is 17.1 Å². The molecule has 15 heteroatoms. The van der Waals surface area contributed by atoms with Crippen LogP contribution in [0.15, 0.2) is 30.5 Å². The highest BCUT2D eigenvalue weighted by molar-refractivity contribution is 5.90. The molecular weight excluding hydrogens is 458 g/mol. The van der Waals surface area contributed by atoms with E-state index in [2.05, 4.69) is 20.1 Å². The molecule has 0 aliphatic carbocycles. The van der Waals surface area contributed by atoms with Crippen LogP contribution >= 0.6 is 0 Å². The zero-order valence-electron chi connectivity index (χ0n) is 16.0. The minimum Gasteiger partial charge on any atom is -0.465 e. The number of hydrogen-bond acceptors (Lipinski definition) is 5. The monoisotopic (exact) mass is 469 g/mol. The molecule has 0 fully saturated rings. The van der Waals surface area contributed by atoms with Crippen LogP contribution in [0.2, 0.25) is 0 Å². The second-order valence-corrected chi connectivity index (χ2v) is 6.36. The molecule has 0 aliphatic rings. The highest BCUT2D eigenvalue weighted by atomic mass is 19.4. The summed E-state index contributed by atoms with van der Waals surface area (Å²) in [5, 5.41) is 9.83. The number of ether oxygens (including phenoxy) is 1. The van der Waals surface area contributed by atoms with Gasteiger partial charge >= 0.3 is 24.2 Å². The number of nitrogens with zero attached hydrogens (tertiary/aromatic N) is 5. The molecule has 0 saturated heterocycles. The fourth-order valence-electron chi connectivity index (χ4n) is 2.82. The van der Waals surface area contributed by atoms with Crippen molar-refractivity contribution in [2.45, 2.75) is 18.3 Å². The third kappa shape index (κ3) is 3.89. The number of hydrogen-bond donors (Lipinski definition) is 0. The Balaban J connectivity index is 2.17. The maximum atomic E-state index is 13.8. The summed E-state index contributed by atoms with van der Waals surface area (Å²) >= 11 is 0. The zero-order valence-corrected chi connectivity index (χ0v) is 16.0. The van der Waals surface area contributed by atoms with Crippen molar-refractivity contribution in [3.05, 3.63) is 47.3 Å². The van der Waals surface area contributed by atoms with Gasteiger partial charge in [-0.15, -0.1) is 5.10 Å². The molecule has 1 aromatic carbocycles. The quantitative estimate of drug-likeness (QED) is 0.425. The Hall–Kier alpha value is -3.52. The van der Waals surface area contributed by atoms with Gasteiger partial charge < -0.3 is 4.74 Å². The fraction of sp³-hybridized carbons (Fsp3) is 0.294. The van der Waals surface area contributed by atoms with Gasteiger partial charge in [-0.2, -0.15) is 40.2 Å². The van der Waals surface area contributed by atoms with Gasteiger partial charge in [0, 0.05) is 12.6 Å². The number of carbonyl (C=O) groups is 1. The Bertz CT molecular complexity index is 1160. The Morgan fingerprint density at radius 1 is 1.06 bits per heavy atom. The second kappa shape index (κ2) is 7.56. The van der Waals surface area contributed by atoms with E-state index in [1.54, 1.807) is 0 Å². The third-order valence-corrected chi connectivity index (χ3v) is 4.24. The van der Waals surface area contributed by atoms with E-state index in [0.717, 1.165) is 20.4 Å². The highest BCUT2D eigenvalue weighted by Crippen LogP contribution is 2.49. The smallest absolute Gasteiger partial charge is 0.459 e.